The maximum Gasteiger partial charge on any atom is 0.338 e. The lowest BCUT2D eigenvalue weighted by molar-refractivity contribution is 0.0670. The Morgan fingerprint density at radius 1 is 1.21 bits per heavy atom. The van der Waals surface area contributed by atoms with E-state index in [1.54, 1.807) is 40.1 Å². The van der Waals surface area contributed by atoms with Gasteiger partial charge < -0.3 is 10.0 Å². The van der Waals surface area contributed by atoms with Gasteiger partial charge in [0.15, 0.2) is 5.65 Å². The van der Waals surface area contributed by atoms with E-state index < -0.39 is 11.8 Å². The third-order valence-corrected chi connectivity index (χ3v) is 7.94. The molecule has 11 heteroatoms. The van der Waals surface area contributed by atoms with Crippen molar-refractivity contribution in [3.05, 3.63) is 87.4 Å². The Kier molecular flexibility index (Phi) is 5.79. The number of aromatic carboxylic acids is 1. The average Bonchev–Trinajstić information content (AvgIpc) is 3.67. The summed E-state index contributed by atoms with van der Waals surface area (Å²) in [6.07, 6.45) is 3.96. The number of hydrogen-bond acceptors (Lipinski definition) is 6. The Balaban J connectivity index is 1.34. The third kappa shape index (κ3) is 3.95. The first-order chi connectivity index (χ1) is 18.3. The zero-order valence-electron chi connectivity index (χ0n) is 20.6. The summed E-state index contributed by atoms with van der Waals surface area (Å²) in [5, 5.41) is 19.8. The molecular formula is C27H23FN6O3S. The maximum atomic E-state index is 15.2. The summed E-state index contributed by atoms with van der Waals surface area (Å²) in [7, 11) is 0. The molecule has 0 fully saturated rings. The number of fused-ring (bicyclic) bond motifs is 2. The van der Waals surface area contributed by atoms with Gasteiger partial charge in [0.2, 0.25) is 0 Å². The van der Waals surface area contributed by atoms with E-state index in [4.69, 9.17) is 5.11 Å². The van der Waals surface area contributed by atoms with Crippen LogP contribution in [0.25, 0.3) is 22.6 Å². The fraction of sp³-hybridized carbons (Fsp3) is 0.222. The molecule has 1 aliphatic rings. The summed E-state index contributed by atoms with van der Waals surface area (Å²) in [4.78, 5) is 32.5. The van der Waals surface area contributed by atoms with E-state index in [0.29, 0.717) is 35.7 Å². The minimum absolute atomic E-state index is 0.00747. The molecule has 5 aromatic rings. The van der Waals surface area contributed by atoms with Gasteiger partial charge in [0, 0.05) is 41.0 Å². The SMILES string of the molecule is CCc1cc(C(=O)N2CCc3sccc3[C@H]2C)nc2cc(-c3ccc(-n4cc(C(=O)O)cn4)cc3F)nn12. The lowest BCUT2D eigenvalue weighted by atomic mass is 10.0. The van der Waals surface area contributed by atoms with E-state index in [1.165, 1.54) is 33.6 Å². The van der Waals surface area contributed by atoms with E-state index in [0.717, 1.165) is 12.1 Å². The van der Waals surface area contributed by atoms with Crippen LogP contribution in [0.4, 0.5) is 4.39 Å². The van der Waals surface area contributed by atoms with Crippen molar-refractivity contribution in [2.45, 2.75) is 32.7 Å². The summed E-state index contributed by atoms with van der Waals surface area (Å²) >= 11 is 1.73. The number of aryl methyl sites for hydroxylation is 1. The highest BCUT2D eigenvalue weighted by atomic mass is 32.1. The zero-order chi connectivity index (χ0) is 26.6. The molecule has 0 unspecified atom stereocenters. The first-order valence-electron chi connectivity index (χ1n) is 12.2. The van der Waals surface area contributed by atoms with Crippen molar-refractivity contribution in [1.82, 2.24) is 29.3 Å². The molecule has 1 amide bonds. The van der Waals surface area contributed by atoms with Crippen molar-refractivity contribution in [2.24, 2.45) is 0 Å². The van der Waals surface area contributed by atoms with Crippen LogP contribution in [0.2, 0.25) is 0 Å². The Labute approximate surface area is 220 Å². The monoisotopic (exact) mass is 530 g/mol. The number of aromatic nitrogens is 5. The van der Waals surface area contributed by atoms with E-state index in [9.17, 15) is 9.59 Å². The standard InChI is InChI=1S/C27H23FN6O3S/c1-3-17-11-23(26(35)32-8-6-24-19(15(32)2)7-9-38-24)30-25-12-22(31-34(17)25)20-5-4-18(10-21(20)28)33-14-16(13-29-33)27(36)37/h4-5,7,9-15H,3,6,8H2,1-2H3,(H,36,37)/t15-/m1/s1. The van der Waals surface area contributed by atoms with Crippen LogP contribution in [0.3, 0.4) is 0 Å². The lowest BCUT2D eigenvalue weighted by Crippen LogP contribution is -2.38. The molecule has 1 aliphatic heterocycles. The molecule has 0 aliphatic carbocycles. The van der Waals surface area contributed by atoms with Gasteiger partial charge in [-0.2, -0.15) is 10.2 Å². The topological polar surface area (TPSA) is 106 Å². The molecule has 0 radical (unpaired) electrons. The van der Waals surface area contributed by atoms with Gasteiger partial charge in [0.05, 0.1) is 29.2 Å². The van der Waals surface area contributed by atoms with Crippen molar-refractivity contribution >= 4 is 28.9 Å². The highest BCUT2D eigenvalue weighted by Gasteiger charge is 2.30. The highest BCUT2D eigenvalue weighted by Crippen LogP contribution is 2.34. The van der Waals surface area contributed by atoms with Crippen LogP contribution in [-0.2, 0) is 12.8 Å². The van der Waals surface area contributed by atoms with Crippen LogP contribution in [0.5, 0.6) is 0 Å². The van der Waals surface area contributed by atoms with Gasteiger partial charge in [-0.15, -0.1) is 11.3 Å². The fourth-order valence-electron chi connectivity index (χ4n) is 4.89. The minimum atomic E-state index is -1.11. The normalized spacial score (nSPS) is 15.1. The van der Waals surface area contributed by atoms with Gasteiger partial charge in [0.1, 0.15) is 11.5 Å². The number of benzene rings is 1. The smallest absolute Gasteiger partial charge is 0.338 e. The Morgan fingerprint density at radius 3 is 2.79 bits per heavy atom. The molecule has 0 saturated heterocycles. The van der Waals surface area contributed by atoms with Gasteiger partial charge in [-0.05, 0) is 55.0 Å². The number of carbonyl (C=O) groups excluding carboxylic acids is 1. The minimum Gasteiger partial charge on any atom is -0.478 e. The van der Waals surface area contributed by atoms with Crippen LogP contribution in [-0.4, -0.2) is 52.8 Å². The summed E-state index contributed by atoms with van der Waals surface area (Å²) < 4.78 is 18.1. The number of halogens is 1. The first kappa shape index (κ1) is 24.0. The molecule has 38 heavy (non-hydrogen) atoms. The van der Waals surface area contributed by atoms with Crippen LogP contribution in [0.15, 0.2) is 54.2 Å². The number of nitrogens with zero attached hydrogens (tertiary/aromatic N) is 6. The van der Waals surface area contributed by atoms with Crippen molar-refractivity contribution in [3.8, 4) is 16.9 Å². The Bertz CT molecular complexity index is 1720. The number of thiophene rings is 1. The van der Waals surface area contributed by atoms with Crippen LogP contribution >= 0.6 is 11.3 Å². The first-order valence-corrected chi connectivity index (χ1v) is 13.1. The van der Waals surface area contributed by atoms with Gasteiger partial charge in [-0.3, -0.25) is 4.79 Å². The van der Waals surface area contributed by atoms with Crippen molar-refractivity contribution < 1.29 is 19.1 Å². The molecule has 1 aromatic carbocycles. The maximum absolute atomic E-state index is 15.2. The molecule has 1 atom stereocenters. The lowest BCUT2D eigenvalue weighted by Gasteiger charge is -2.33. The van der Waals surface area contributed by atoms with Crippen molar-refractivity contribution in [1.29, 1.82) is 0 Å². The molecule has 9 nitrogen and oxygen atoms in total. The second-order valence-corrected chi connectivity index (χ2v) is 10.2. The van der Waals surface area contributed by atoms with E-state index in [-0.39, 0.29) is 23.1 Å². The molecular weight excluding hydrogens is 507 g/mol. The van der Waals surface area contributed by atoms with Crippen molar-refractivity contribution in [3.63, 3.8) is 0 Å². The van der Waals surface area contributed by atoms with Crippen LogP contribution in [0.1, 0.15) is 56.9 Å². The van der Waals surface area contributed by atoms with E-state index in [2.05, 4.69) is 26.6 Å². The van der Waals surface area contributed by atoms with Crippen LogP contribution < -0.4 is 0 Å². The molecule has 4 aromatic heterocycles. The van der Waals surface area contributed by atoms with E-state index >= 15 is 4.39 Å². The van der Waals surface area contributed by atoms with Gasteiger partial charge in [-0.25, -0.2) is 23.4 Å². The molecule has 5 heterocycles. The molecule has 192 valence electrons. The fourth-order valence-corrected chi connectivity index (χ4v) is 5.86. The molecule has 0 spiro atoms. The summed E-state index contributed by atoms with van der Waals surface area (Å²) in [6.45, 7) is 4.64. The van der Waals surface area contributed by atoms with Gasteiger partial charge in [-0.1, -0.05) is 6.92 Å². The third-order valence-electron chi connectivity index (χ3n) is 6.94. The summed E-state index contributed by atoms with van der Waals surface area (Å²) in [5.41, 5.74) is 3.81. The number of hydrogen-bond donors (Lipinski definition) is 1. The average molecular weight is 531 g/mol. The number of carboxylic acid groups (broad SMARTS) is 1. The van der Waals surface area contributed by atoms with E-state index in [1.807, 2.05) is 18.7 Å². The second-order valence-electron chi connectivity index (χ2n) is 9.15. The predicted molar refractivity (Wildman–Crippen MR) is 139 cm³/mol. The largest absolute Gasteiger partial charge is 0.478 e. The molecule has 1 N–H and O–H groups in total. The quantitative estimate of drug-likeness (QED) is 0.350. The Morgan fingerprint density at radius 2 is 2.05 bits per heavy atom. The Hall–Kier alpha value is -4.38. The summed E-state index contributed by atoms with van der Waals surface area (Å²) in [6, 6.07) is 9.96. The number of carbonyl (C=O) groups is 2. The summed E-state index contributed by atoms with van der Waals surface area (Å²) in [5.74, 6) is -1.78. The van der Waals surface area contributed by atoms with Gasteiger partial charge in [0.25, 0.3) is 5.91 Å². The molecule has 0 bridgehead atoms. The van der Waals surface area contributed by atoms with Gasteiger partial charge >= 0.3 is 5.97 Å². The highest BCUT2D eigenvalue weighted by molar-refractivity contribution is 7.10. The second kappa shape index (κ2) is 9.18. The number of carboxylic acids is 1. The number of amides is 1. The molecule has 6 rings (SSSR count). The zero-order valence-corrected chi connectivity index (χ0v) is 21.4. The predicted octanol–water partition coefficient (Wildman–Crippen LogP) is 4.80. The molecule has 0 saturated carbocycles. The van der Waals surface area contributed by atoms with Crippen LogP contribution in [0, 0.1) is 5.82 Å². The number of rotatable bonds is 5. The van der Waals surface area contributed by atoms with Crippen molar-refractivity contribution in [2.75, 3.05) is 6.54 Å².